The Bertz CT molecular complexity index is 613. The molecule has 0 aliphatic heterocycles. The van der Waals surface area contributed by atoms with E-state index in [0.29, 0.717) is 4.77 Å². The van der Waals surface area contributed by atoms with E-state index < -0.39 is 0 Å². The highest BCUT2D eigenvalue weighted by Crippen LogP contribution is 2.35. The molecule has 0 amide bonds. The van der Waals surface area contributed by atoms with Gasteiger partial charge in [0.25, 0.3) is 0 Å². The van der Waals surface area contributed by atoms with Crippen LogP contribution in [0.3, 0.4) is 0 Å². The Morgan fingerprint density at radius 3 is 2.50 bits per heavy atom. The molecule has 98 valence electrons. The fourth-order valence-corrected chi connectivity index (χ4v) is 3.01. The van der Waals surface area contributed by atoms with E-state index in [1.165, 1.54) is 0 Å². The minimum Gasteiger partial charge on any atom is -0.303 e. The van der Waals surface area contributed by atoms with Crippen LogP contribution in [0.25, 0.3) is 10.7 Å². The second kappa shape index (κ2) is 4.59. The van der Waals surface area contributed by atoms with Crippen molar-refractivity contribution in [3.63, 3.8) is 0 Å². The van der Waals surface area contributed by atoms with E-state index in [9.17, 15) is 0 Å². The first kappa shape index (κ1) is 13.4. The quantitative estimate of drug-likeness (QED) is 0.858. The van der Waals surface area contributed by atoms with Crippen LogP contribution in [0, 0.1) is 4.77 Å². The molecule has 2 aromatic rings. The largest absolute Gasteiger partial charge is 0.303 e. The number of aryl methyl sites for hydroxylation is 1. The summed E-state index contributed by atoms with van der Waals surface area (Å²) in [5.41, 5.74) is 1.17. The van der Waals surface area contributed by atoms with Gasteiger partial charge in [0.15, 0.2) is 10.6 Å². The van der Waals surface area contributed by atoms with Crippen LogP contribution in [-0.4, -0.2) is 19.7 Å². The maximum absolute atomic E-state index is 5.16. The standard InChI is InChI=1S/C12H18N4S2/c1-6-7-8(9-14-15-11(17)16(9)5)18-10(13-7)12(2,3)4/h6H2,1-5H3,(H,15,17). The minimum absolute atomic E-state index is 0.0680. The normalized spacial score (nSPS) is 12.1. The van der Waals surface area contributed by atoms with Crippen molar-refractivity contribution >= 4 is 23.6 Å². The Morgan fingerprint density at radius 1 is 1.39 bits per heavy atom. The first-order chi connectivity index (χ1) is 8.34. The van der Waals surface area contributed by atoms with Gasteiger partial charge in [-0.25, -0.2) is 4.98 Å². The number of nitrogens with one attached hydrogen (secondary N) is 1. The van der Waals surface area contributed by atoms with Gasteiger partial charge in [-0.1, -0.05) is 27.7 Å². The van der Waals surface area contributed by atoms with E-state index >= 15 is 0 Å². The third kappa shape index (κ3) is 2.27. The maximum Gasteiger partial charge on any atom is 0.195 e. The molecular weight excluding hydrogens is 264 g/mol. The SMILES string of the molecule is CCc1nc(C(C)(C)C)sc1-c1n[nH]c(=S)n1C. The van der Waals surface area contributed by atoms with Crippen molar-refractivity contribution in [1.29, 1.82) is 0 Å². The predicted octanol–water partition coefficient (Wildman–Crippen LogP) is 3.46. The van der Waals surface area contributed by atoms with Crippen LogP contribution < -0.4 is 0 Å². The number of hydrogen-bond donors (Lipinski definition) is 1. The number of hydrogen-bond acceptors (Lipinski definition) is 4. The van der Waals surface area contributed by atoms with Crippen molar-refractivity contribution in [2.75, 3.05) is 0 Å². The van der Waals surface area contributed by atoms with Gasteiger partial charge >= 0.3 is 0 Å². The summed E-state index contributed by atoms with van der Waals surface area (Å²) in [6.07, 6.45) is 0.904. The summed E-state index contributed by atoms with van der Waals surface area (Å²) in [5, 5.41) is 8.28. The average molecular weight is 282 g/mol. The van der Waals surface area contributed by atoms with Gasteiger partial charge in [-0.05, 0) is 18.6 Å². The zero-order chi connectivity index (χ0) is 13.5. The lowest BCUT2D eigenvalue weighted by Gasteiger charge is -2.13. The maximum atomic E-state index is 5.16. The molecule has 0 bridgehead atoms. The van der Waals surface area contributed by atoms with Crippen molar-refractivity contribution < 1.29 is 0 Å². The number of aromatic amines is 1. The van der Waals surface area contributed by atoms with Gasteiger partial charge in [-0.2, -0.15) is 5.10 Å². The fraction of sp³-hybridized carbons (Fsp3) is 0.583. The summed E-state index contributed by atoms with van der Waals surface area (Å²) in [4.78, 5) is 5.87. The summed E-state index contributed by atoms with van der Waals surface area (Å²) in [6.45, 7) is 8.65. The van der Waals surface area contributed by atoms with Crippen molar-refractivity contribution in [1.82, 2.24) is 19.7 Å². The van der Waals surface area contributed by atoms with Crippen molar-refractivity contribution in [3.8, 4) is 10.7 Å². The molecule has 2 heterocycles. The third-order valence-electron chi connectivity index (χ3n) is 2.76. The highest BCUT2D eigenvalue weighted by molar-refractivity contribution is 7.71. The van der Waals surface area contributed by atoms with Gasteiger partial charge in [0.1, 0.15) is 0 Å². The Labute approximate surface area is 116 Å². The monoisotopic (exact) mass is 282 g/mol. The molecule has 0 radical (unpaired) electrons. The minimum atomic E-state index is 0.0680. The molecular formula is C12H18N4S2. The summed E-state index contributed by atoms with van der Waals surface area (Å²) < 4.78 is 2.53. The Balaban J connectivity index is 2.61. The number of H-pyrrole nitrogens is 1. The second-order valence-electron chi connectivity index (χ2n) is 5.31. The highest BCUT2D eigenvalue weighted by atomic mass is 32.1. The zero-order valence-electron chi connectivity index (χ0n) is 11.4. The first-order valence-electron chi connectivity index (χ1n) is 5.96. The van der Waals surface area contributed by atoms with Gasteiger partial charge in [0.2, 0.25) is 0 Å². The number of aromatic nitrogens is 4. The molecule has 0 aromatic carbocycles. The van der Waals surface area contributed by atoms with Crippen molar-refractivity contribution in [3.05, 3.63) is 15.5 Å². The molecule has 1 N–H and O–H groups in total. The molecule has 2 aromatic heterocycles. The lowest BCUT2D eigenvalue weighted by atomic mass is 9.98. The van der Waals surface area contributed by atoms with Crippen LogP contribution in [0.4, 0.5) is 0 Å². The molecule has 0 saturated heterocycles. The average Bonchev–Trinajstić information content (AvgIpc) is 2.83. The molecule has 0 atom stereocenters. The summed E-state index contributed by atoms with van der Waals surface area (Å²) in [7, 11) is 1.93. The predicted molar refractivity (Wildman–Crippen MR) is 77.6 cm³/mol. The van der Waals surface area contributed by atoms with E-state index in [1.54, 1.807) is 11.3 Å². The summed E-state index contributed by atoms with van der Waals surface area (Å²) in [6, 6.07) is 0. The van der Waals surface area contributed by atoms with Crippen LogP contribution >= 0.6 is 23.6 Å². The molecule has 4 nitrogen and oxygen atoms in total. The van der Waals surface area contributed by atoms with Gasteiger partial charge in [0, 0.05) is 12.5 Å². The molecule has 2 rings (SSSR count). The topological polar surface area (TPSA) is 46.5 Å². The summed E-state index contributed by atoms with van der Waals surface area (Å²) >= 11 is 6.87. The lowest BCUT2D eigenvalue weighted by molar-refractivity contribution is 0.583. The van der Waals surface area contributed by atoms with Crippen molar-refractivity contribution in [2.24, 2.45) is 7.05 Å². The first-order valence-corrected chi connectivity index (χ1v) is 7.19. The lowest BCUT2D eigenvalue weighted by Crippen LogP contribution is -2.10. The Hall–Kier alpha value is -1.01. The van der Waals surface area contributed by atoms with Crippen LogP contribution in [0.15, 0.2) is 0 Å². The van der Waals surface area contributed by atoms with Crippen LogP contribution in [0.5, 0.6) is 0 Å². The zero-order valence-corrected chi connectivity index (χ0v) is 13.0. The van der Waals surface area contributed by atoms with E-state index in [-0.39, 0.29) is 5.41 Å². The van der Waals surface area contributed by atoms with Gasteiger partial charge in [-0.3, -0.25) is 5.10 Å². The van der Waals surface area contributed by atoms with E-state index in [0.717, 1.165) is 27.8 Å². The fourth-order valence-electron chi connectivity index (χ4n) is 1.64. The summed E-state index contributed by atoms with van der Waals surface area (Å²) in [5.74, 6) is 0.879. The van der Waals surface area contributed by atoms with E-state index in [1.807, 2.05) is 11.6 Å². The third-order valence-corrected chi connectivity index (χ3v) is 4.64. The number of rotatable bonds is 2. The molecule has 0 unspecified atom stereocenters. The number of nitrogens with zero attached hydrogens (tertiary/aromatic N) is 3. The van der Waals surface area contributed by atoms with Crippen LogP contribution in [-0.2, 0) is 18.9 Å². The molecule has 0 aliphatic carbocycles. The highest BCUT2D eigenvalue weighted by Gasteiger charge is 2.23. The van der Waals surface area contributed by atoms with Gasteiger partial charge in [0.05, 0.1) is 15.6 Å². The molecule has 18 heavy (non-hydrogen) atoms. The Morgan fingerprint density at radius 2 is 2.06 bits per heavy atom. The smallest absolute Gasteiger partial charge is 0.195 e. The van der Waals surface area contributed by atoms with Crippen molar-refractivity contribution in [2.45, 2.75) is 39.5 Å². The van der Waals surface area contributed by atoms with E-state index in [2.05, 4.69) is 37.9 Å². The van der Waals surface area contributed by atoms with Gasteiger partial charge < -0.3 is 4.57 Å². The van der Waals surface area contributed by atoms with Crippen LogP contribution in [0.2, 0.25) is 0 Å². The second-order valence-corrected chi connectivity index (χ2v) is 6.70. The van der Waals surface area contributed by atoms with Crippen LogP contribution in [0.1, 0.15) is 38.4 Å². The van der Waals surface area contributed by atoms with Gasteiger partial charge in [-0.15, -0.1) is 11.3 Å². The molecule has 0 fully saturated rings. The number of thiazole rings is 1. The van der Waals surface area contributed by atoms with E-state index in [4.69, 9.17) is 17.2 Å². The Kier molecular flexibility index (Phi) is 3.42. The molecule has 0 saturated carbocycles. The molecule has 0 aliphatic rings. The molecule has 6 heteroatoms. The molecule has 0 spiro atoms.